The zero-order valence-electron chi connectivity index (χ0n) is 10.9. The quantitative estimate of drug-likeness (QED) is 0.820. The largest absolute Gasteiger partial charge is 0.395 e. The summed E-state index contributed by atoms with van der Waals surface area (Å²) in [5, 5.41) is 12.2. The average Bonchev–Trinajstić information content (AvgIpc) is 2.78. The summed E-state index contributed by atoms with van der Waals surface area (Å²) < 4.78 is 1.97. The highest BCUT2D eigenvalue weighted by atomic mass is 16.3. The number of hydrogen-bond acceptors (Lipinski definition) is 4. The van der Waals surface area contributed by atoms with E-state index in [0.717, 1.165) is 25.5 Å². The van der Waals surface area contributed by atoms with E-state index >= 15 is 0 Å². The molecule has 1 aromatic rings. The Bertz CT molecular complexity index is 404. The number of hydrogen-bond donors (Lipinski definition) is 2. The number of nitrogens with zero attached hydrogens (tertiary/aromatic N) is 3. The molecule has 1 aliphatic rings. The number of rotatable bonds is 4. The molecule has 0 bridgehead atoms. The fourth-order valence-corrected chi connectivity index (χ4v) is 2.13. The zero-order valence-corrected chi connectivity index (χ0v) is 10.9. The van der Waals surface area contributed by atoms with Gasteiger partial charge in [-0.15, -0.1) is 0 Å². The lowest BCUT2D eigenvalue weighted by Gasteiger charge is -2.24. The highest BCUT2D eigenvalue weighted by Gasteiger charge is 2.22. The number of amides is 1. The predicted molar refractivity (Wildman–Crippen MR) is 68.6 cm³/mol. The Labute approximate surface area is 107 Å². The standard InChI is InChI=1S/C12H20N4O2/c1-9(2)16(6-7-17)11(18)10-8-15-5-3-4-13-12(15)14-10/h8-9,17H,3-7H2,1-2H3,(H,13,14). The molecule has 0 aromatic carbocycles. The van der Waals surface area contributed by atoms with Crippen LogP contribution in [0.1, 0.15) is 30.8 Å². The van der Waals surface area contributed by atoms with E-state index in [2.05, 4.69) is 10.3 Å². The first-order chi connectivity index (χ1) is 8.63. The minimum absolute atomic E-state index is 0.0320. The normalized spacial score (nSPS) is 14.2. The van der Waals surface area contributed by atoms with Gasteiger partial charge in [-0.05, 0) is 20.3 Å². The van der Waals surface area contributed by atoms with Gasteiger partial charge < -0.3 is 19.9 Å². The Kier molecular flexibility index (Phi) is 3.86. The molecule has 6 heteroatoms. The second kappa shape index (κ2) is 5.39. The maximum absolute atomic E-state index is 12.3. The number of aliphatic hydroxyl groups is 1. The van der Waals surface area contributed by atoms with Crippen LogP contribution in [0.4, 0.5) is 5.95 Å². The molecular weight excluding hydrogens is 232 g/mol. The monoisotopic (exact) mass is 252 g/mol. The van der Waals surface area contributed by atoms with Gasteiger partial charge in [-0.25, -0.2) is 4.98 Å². The van der Waals surface area contributed by atoms with E-state index in [1.54, 1.807) is 11.1 Å². The van der Waals surface area contributed by atoms with Crippen LogP contribution in [0.25, 0.3) is 0 Å². The lowest BCUT2D eigenvalue weighted by molar-refractivity contribution is 0.0660. The summed E-state index contributed by atoms with van der Waals surface area (Å²) in [4.78, 5) is 18.3. The second-order valence-electron chi connectivity index (χ2n) is 4.74. The van der Waals surface area contributed by atoms with Crippen molar-refractivity contribution in [1.82, 2.24) is 14.5 Å². The molecule has 18 heavy (non-hydrogen) atoms. The van der Waals surface area contributed by atoms with Crippen LogP contribution in [0, 0.1) is 0 Å². The third kappa shape index (κ3) is 2.48. The van der Waals surface area contributed by atoms with E-state index in [0.29, 0.717) is 12.2 Å². The number of nitrogens with one attached hydrogen (secondary N) is 1. The number of imidazole rings is 1. The van der Waals surface area contributed by atoms with Gasteiger partial charge in [0.2, 0.25) is 5.95 Å². The van der Waals surface area contributed by atoms with E-state index in [1.165, 1.54) is 0 Å². The van der Waals surface area contributed by atoms with Crippen molar-refractivity contribution in [3.63, 3.8) is 0 Å². The maximum atomic E-state index is 12.3. The van der Waals surface area contributed by atoms with Gasteiger partial charge in [0.15, 0.2) is 0 Å². The van der Waals surface area contributed by atoms with E-state index < -0.39 is 0 Å². The van der Waals surface area contributed by atoms with Gasteiger partial charge in [-0.2, -0.15) is 0 Å². The Morgan fingerprint density at radius 2 is 2.44 bits per heavy atom. The zero-order chi connectivity index (χ0) is 13.1. The number of aryl methyl sites for hydroxylation is 1. The van der Waals surface area contributed by atoms with E-state index in [9.17, 15) is 4.79 Å². The van der Waals surface area contributed by atoms with Crippen molar-refractivity contribution >= 4 is 11.9 Å². The smallest absolute Gasteiger partial charge is 0.274 e. The maximum Gasteiger partial charge on any atom is 0.274 e. The molecule has 2 heterocycles. The third-order valence-electron chi connectivity index (χ3n) is 3.08. The molecule has 0 radical (unpaired) electrons. The van der Waals surface area contributed by atoms with Gasteiger partial charge in [0.1, 0.15) is 5.69 Å². The number of aliphatic hydroxyl groups excluding tert-OH is 1. The first kappa shape index (κ1) is 12.9. The highest BCUT2D eigenvalue weighted by molar-refractivity contribution is 5.92. The van der Waals surface area contributed by atoms with Crippen LogP contribution < -0.4 is 5.32 Å². The molecular formula is C12H20N4O2. The Balaban J connectivity index is 2.19. The number of fused-ring (bicyclic) bond motifs is 1. The summed E-state index contributed by atoms with van der Waals surface area (Å²) >= 11 is 0. The lowest BCUT2D eigenvalue weighted by atomic mass is 10.3. The molecule has 100 valence electrons. The SMILES string of the molecule is CC(C)N(CCO)C(=O)c1cn2c(n1)NCCC2. The fraction of sp³-hybridized carbons (Fsp3) is 0.667. The van der Waals surface area contributed by atoms with Crippen molar-refractivity contribution in [1.29, 1.82) is 0 Å². The molecule has 2 N–H and O–H groups in total. The van der Waals surface area contributed by atoms with Crippen LogP contribution in [-0.2, 0) is 6.54 Å². The molecule has 1 aromatic heterocycles. The van der Waals surface area contributed by atoms with Crippen LogP contribution in [0.5, 0.6) is 0 Å². The van der Waals surface area contributed by atoms with Gasteiger partial charge in [-0.3, -0.25) is 4.79 Å². The number of aromatic nitrogens is 2. The van der Waals surface area contributed by atoms with Crippen LogP contribution >= 0.6 is 0 Å². The minimum atomic E-state index is -0.122. The summed E-state index contributed by atoms with van der Waals surface area (Å²) in [6.07, 6.45) is 2.83. The van der Waals surface area contributed by atoms with Gasteiger partial charge in [-0.1, -0.05) is 0 Å². The van der Waals surface area contributed by atoms with Crippen molar-refractivity contribution in [2.24, 2.45) is 0 Å². The molecule has 0 unspecified atom stereocenters. The lowest BCUT2D eigenvalue weighted by Crippen LogP contribution is -2.39. The Hall–Kier alpha value is -1.56. The van der Waals surface area contributed by atoms with Crippen LogP contribution in [0.2, 0.25) is 0 Å². The number of anilines is 1. The summed E-state index contributed by atoms with van der Waals surface area (Å²) in [7, 11) is 0. The van der Waals surface area contributed by atoms with Crippen molar-refractivity contribution in [3.05, 3.63) is 11.9 Å². The Morgan fingerprint density at radius 3 is 3.06 bits per heavy atom. The second-order valence-corrected chi connectivity index (χ2v) is 4.74. The molecule has 0 saturated carbocycles. The third-order valence-corrected chi connectivity index (χ3v) is 3.08. The van der Waals surface area contributed by atoms with Crippen LogP contribution in [0.15, 0.2) is 6.20 Å². The summed E-state index contributed by atoms with van der Waals surface area (Å²) in [5.74, 6) is 0.639. The molecule has 0 aliphatic carbocycles. The molecule has 0 saturated heterocycles. The molecule has 6 nitrogen and oxygen atoms in total. The topological polar surface area (TPSA) is 70.4 Å². The number of carbonyl (C=O) groups is 1. The van der Waals surface area contributed by atoms with Crippen LogP contribution in [-0.4, -0.2) is 51.2 Å². The van der Waals surface area contributed by atoms with Gasteiger partial charge >= 0.3 is 0 Å². The predicted octanol–water partition coefficient (Wildman–Crippen LogP) is 0.542. The molecule has 2 rings (SSSR count). The highest BCUT2D eigenvalue weighted by Crippen LogP contribution is 2.16. The average molecular weight is 252 g/mol. The van der Waals surface area contributed by atoms with Gasteiger partial charge in [0, 0.05) is 31.9 Å². The summed E-state index contributed by atoms with van der Waals surface area (Å²) in [6, 6.07) is 0.0522. The van der Waals surface area contributed by atoms with Crippen molar-refractivity contribution in [3.8, 4) is 0 Å². The fourth-order valence-electron chi connectivity index (χ4n) is 2.13. The van der Waals surface area contributed by atoms with Crippen molar-refractivity contribution < 1.29 is 9.90 Å². The molecule has 0 fully saturated rings. The van der Waals surface area contributed by atoms with Crippen molar-refractivity contribution in [2.45, 2.75) is 32.9 Å². The van der Waals surface area contributed by atoms with Crippen molar-refractivity contribution in [2.75, 3.05) is 25.0 Å². The molecule has 0 spiro atoms. The first-order valence-corrected chi connectivity index (χ1v) is 6.36. The number of carbonyl (C=O) groups excluding carboxylic acids is 1. The molecule has 1 aliphatic heterocycles. The van der Waals surface area contributed by atoms with E-state index in [1.807, 2.05) is 18.4 Å². The van der Waals surface area contributed by atoms with Gasteiger partial charge in [0.05, 0.1) is 6.61 Å². The summed E-state index contributed by atoms with van der Waals surface area (Å²) in [6.45, 7) is 5.96. The molecule has 1 amide bonds. The Morgan fingerprint density at radius 1 is 1.67 bits per heavy atom. The summed E-state index contributed by atoms with van der Waals surface area (Å²) in [5.41, 5.74) is 0.446. The van der Waals surface area contributed by atoms with E-state index in [-0.39, 0.29) is 18.6 Å². The van der Waals surface area contributed by atoms with Gasteiger partial charge in [0.25, 0.3) is 5.91 Å². The molecule has 0 atom stereocenters. The minimum Gasteiger partial charge on any atom is -0.395 e. The first-order valence-electron chi connectivity index (χ1n) is 6.36. The van der Waals surface area contributed by atoms with Crippen LogP contribution in [0.3, 0.4) is 0 Å². The van der Waals surface area contributed by atoms with E-state index in [4.69, 9.17) is 5.11 Å².